The Hall–Kier alpha value is -4.41. The van der Waals surface area contributed by atoms with E-state index in [-0.39, 0.29) is 35.1 Å². The second kappa shape index (κ2) is 8.67. The van der Waals surface area contributed by atoms with Crippen molar-refractivity contribution in [2.24, 2.45) is 0 Å². The van der Waals surface area contributed by atoms with Crippen LogP contribution in [0.15, 0.2) is 42.5 Å². The maximum Gasteiger partial charge on any atom is 0.322 e. The maximum atomic E-state index is 13.1. The molecule has 1 saturated heterocycles. The molecule has 11 nitrogen and oxygen atoms in total. The molecule has 11 heteroatoms. The molecule has 1 spiro atoms. The number of anilines is 3. The van der Waals surface area contributed by atoms with Gasteiger partial charge in [-0.25, -0.2) is 9.59 Å². The molecule has 2 atom stereocenters. The van der Waals surface area contributed by atoms with Crippen LogP contribution in [0.3, 0.4) is 0 Å². The predicted molar refractivity (Wildman–Crippen MR) is 138 cm³/mol. The number of para-hydroxylation sites is 2. The minimum Gasteiger partial charge on any atom is -0.341 e. The van der Waals surface area contributed by atoms with Crippen LogP contribution in [-0.2, 0) is 27.2 Å². The van der Waals surface area contributed by atoms with E-state index in [9.17, 15) is 24.0 Å². The summed E-state index contributed by atoms with van der Waals surface area (Å²) >= 11 is 0. The third kappa shape index (κ3) is 3.92. The van der Waals surface area contributed by atoms with Crippen LogP contribution in [-0.4, -0.2) is 55.0 Å². The Kier molecular flexibility index (Phi) is 5.62. The Bertz CT molecular complexity index is 1320. The van der Waals surface area contributed by atoms with Crippen LogP contribution in [0.4, 0.5) is 26.7 Å². The number of imide groups is 1. The highest BCUT2D eigenvalue weighted by Gasteiger charge is 2.50. The number of carbonyl (C=O) groups excluding carboxylic acids is 5. The van der Waals surface area contributed by atoms with Gasteiger partial charge in [0.1, 0.15) is 12.1 Å². The highest BCUT2D eigenvalue weighted by Crippen LogP contribution is 2.36. The Morgan fingerprint density at radius 1 is 1.08 bits per heavy atom. The molecule has 192 valence electrons. The molecule has 3 aliphatic rings. The van der Waals surface area contributed by atoms with Gasteiger partial charge in [0.15, 0.2) is 0 Å². The summed E-state index contributed by atoms with van der Waals surface area (Å²) < 4.78 is 0. The number of nitrogens with one attached hydrogen (secondary N) is 4. The monoisotopic (exact) mass is 496 g/mol. The van der Waals surface area contributed by atoms with Crippen molar-refractivity contribution in [2.75, 3.05) is 28.7 Å². The SMILES string of the molecule is CNC(=O)N1c2ccccc2N(CC(=O)Nc2ccc3c(c2)CC2(C3)NC(=O)NC2=O)C(=O)CC1C.[HH].[HH].[HH]. The fourth-order valence-corrected chi connectivity index (χ4v) is 5.20. The lowest BCUT2D eigenvalue weighted by atomic mass is 9.96. The fraction of sp³-hybridized carbons (Fsp3) is 0.320. The Morgan fingerprint density at radius 2 is 1.81 bits per heavy atom. The van der Waals surface area contributed by atoms with Gasteiger partial charge in [-0.3, -0.25) is 24.6 Å². The summed E-state index contributed by atoms with van der Waals surface area (Å²) in [6, 6.07) is 11.1. The molecule has 7 amide bonds. The number of amides is 7. The first-order valence-corrected chi connectivity index (χ1v) is 11.7. The van der Waals surface area contributed by atoms with Crippen molar-refractivity contribution in [3.63, 3.8) is 0 Å². The van der Waals surface area contributed by atoms with Gasteiger partial charge in [0.2, 0.25) is 11.8 Å². The second-order valence-corrected chi connectivity index (χ2v) is 9.32. The summed E-state index contributed by atoms with van der Waals surface area (Å²) in [7, 11) is 1.53. The van der Waals surface area contributed by atoms with E-state index in [1.165, 1.54) is 16.8 Å². The number of rotatable bonds is 3. The van der Waals surface area contributed by atoms with E-state index < -0.39 is 23.5 Å². The van der Waals surface area contributed by atoms with Gasteiger partial charge in [0.25, 0.3) is 5.91 Å². The number of urea groups is 2. The van der Waals surface area contributed by atoms with Crippen molar-refractivity contribution in [2.45, 2.75) is 37.8 Å². The van der Waals surface area contributed by atoms with Crippen LogP contribution in [0.1, 0.15) is 28.8 Å². The van der Waals surface area contributed by atoms with Gasteiger partial charge in [-0.2, -0.15) is 0 Å². The molecule has 0 bridgehead atoms. The molecule has 4 N–H and O–H groups in total. The summed E-state index contributed by atoms with van der Waals surface area (Å²) in [5.74, 6) is -1.03. The minimum absolute atomic E-state index is 0. The number of fused-ring (bicyclic) bond motifs is 2. The largest absolute Gasteiger partial charge is 0.341 e. The number of hydrogen-bond donors (Lipinski definition) is 4. The summed E-state index contributed by atoms with van der Waals surface area (Å²) in [5.41, 5.74) is 2.34. The standard InChI is InChI=1S/C25H26N6O5.3H2/c1-14-9-21(33)30(18-5-3-4-6-19(18)31(14)24(36)26-2)13-20(32)27-17-8-7-15-11-25(12-16(15)10-17)22(34)28-23(35)29-25;;;/h3-8,10,14H,9,11-13H2,1-2H3,(H,26,36)(H,27,32)(H2,28,29,34,35);3*1H. The minimum atomic E-state index is -0.989. The Labute approximate surface area is 211 Å². The van der Waals surface area contributed by atoms with E-state index in [1.54, 1.807) is 43.3 Å². The van der Waals surface area contributed by atoms with Crippen LogP contribution >= 0.6 is 0 Å². The number of hydrogen-bond acceptors (Lipinski definition) is 5. The van der Waals surface area contributed by atoms with Gasteiger partial charge in [-0.1, -0.05) is 18.2 Å². The molecule has 2 aromatic carbocycles. The van der Waals surface area contributed by atoms with Gasteiger partial charge in [0, 0.05) is 42.3 Å². The van der Waals surface area contributed by atoms with Gasteiger partial charge >= 0.3 is 12.1 Å². The molecule has 2 aliphatic heterocycles. The first-order chi connectivity index (χ1) is 17.2. The predicted octanol–water partition coefficient (Wildman–Crippen LogP) is 2.01. The quantitative estimate of drug-likeness (QED) is 0.481. The third-order valence-corrected chi connectivity index (χ3v) is 6.87. The van der Waals surface area contributed by atoms with Crippen LogP contribution < -0.4 is 31.1 Å². The molecular formula is C25H32N6O5. The topological polar surface area (TPSA) is 140 Å². The van der Waals surface area contributed by atoms with Crippen LogP contribution in [0.2, 0.25) is 0 Å². The fourth-order valence-electron chi connectivity index (χ4n) is 5.20. The average molecular weight is 497 g/mol. The van der Waals surface area contributed by atoms with Crippen molar-refractivity contribution >= 4 is 46.8 Å². The van der Waals surface area contributed by atoms with Crippen molar-refractivity contribution in [3.05, 3.63) is 53.6 Å². The average Bonchev–Trinajstić information content (AvgIpc) is 3.30. The van der Waals surface area contributed by atoms with Gasteiger partial charge in [-0.15, -0.1) is 0 Å². The van der Waals surface area contributed by atoms with E-state index in [1.807, 2.05) is 6.07 Å². The molecule has 1 fully saturated rings. The number of nitrogens with zero attached hydrogens (tertiary/aromatic N) is 2. The van der Waals surface area contributed by atoms with Gasteiger partial charge in [-0.05, 0) is 42.3 Å². The summed E-state index contributed by atoms with van der Waals surface area (Å²) in [6.07, 6.45) is 0.770. The number of carbonyl (C=O) groups is 5. The highest BCUT2D eigenvalue weighted by atomic mass is 16.2. The van der Waals surface area contributed by atoms with E-state index in [2.05, 4.69) is 21.3 Å². The Balaban J connectivity index is 0.00000178. The lowest BCUT2D eigenvalue weighted by molar-refractivity contribution is -0.123. The zero-order chi connectivity index (χ0) is 25.6. The molecule has 2 unspecified atom stereocenters. The van der Waals surface area contributed by atoms with Crippen molar-refractivity contribution < 1.29 is 28.3 Å². The summed E-state index contributed by atoms with van der Waals surface area (Å²) in [6.45, 7) is 1.56. The van der Waals surface area contributed by atoms with Crippen molar-refractivity contribution in [1.29, 1.82) is 0 Å². The normalized spacial score (nSPS) is 22.5. The molecule has 36 heavy (non-hydrogen) atoms. The van der Waals surface area contributed by atoms with Crippen molar-refractivity contribution in [3.8, 4) is 0 Å². The van der Waals surface area contributed by atoms with Gasteiger partial charge in [0.05, 0.1) is 11.4 Å². The van der Waals surface area contributed by atoms with Crippen molar-refractivity contribution in [1.82, 2.24) is 16.0 Å². The van der Waals surface area contributed by atoms with Crippen LogP contribution in [0.25, 0.3) is 0 Å². The zero-order valence-electron chi connectivity index (χ0n) is 19.9. The summed E-state index contributed by atoms with van der Waals surface area (Å²) in [5, 5.41) is 10.4. The van der Waals surface area contributed by atoms with Crippen LogP contribution in [0.5, 0.6) is 0 Å². The number of benzene rings is 2. The molecule has 0 radical (unpaired) electrons. The lowest BCUT2D eigenvalue weighted by Gasteiger charge is -2.27. The molecule has 1 aliphatic carbocycles. The maximum absolute atomic E-state index is 13.1. The van der Waals surface area contributed by atoms with E-state index in [0.717, 1.165) is 11.1 Å². The first kappa shape index (κ1) is 23.3. The second-order valence-electron chi connectivity index (χ2n) is 9.32. The molecule has 2 aromatic rings. The molecule has 2 heterocycles. The lowest BCUT2D eigenvalue weighted by Crippen LogP contribution is -2.47. The molecule has 5 rings (SSSR count). The van der Waals surface area contributed by atoms with Crippen LogP contribution in [0, 0.1) is 0 Å². The van der Waals surface area contributed by atoms with E-state index in [0.29, 0.717) is 29.9 Å². The third-order valence-electron chi connectivity index (χ3n) is 6.87. The highest BCUT2D eigenvalue weighted by molar-refractivity contribution is 6.09. The van der Waals surface area contributed by atoms with E-state index >= 15 is 0 Å². The molecule has 0 aromatic heterocycles. The van der Waals surface area contributed by atoms with Gasteiger partial charge < -0.3 is 20.9 Å². The smallest absolute Gasteiger partial charge is 0.322 e. The molecular weight excluding hydrogens is 464 g/mol. The summed E-state index contributed by atoms with van der Waals surface area (Å²) in [4.78, 5) is 65.5. The van der Waals surface area contributed by atoms with E-state index in [4.69, 9.17) is 0 Å². The zero-order valence-corrected chi connectivity index (χ0v) is 19.9. The Morgan fingerprint density at radius 3 is 2.50 bits per heavy atom. The molecule has 0 saturated carbocycles. The first-order valence-electron chi connectivity index (χ1n) is 11.7.